The topological polar surface area (TPSA) is 41.6 Å². The largest absolute Gasteiger partial charge is 0.497 e. The van der Waals surface area contributed by atoms with E-state index in [0.29, 0.717) is 6.54 Å². The Hall–Kier alpha value is -2.47. The summed E-state index contributed by atoms with van der Waals surface area (Å²) in [5, 5.41) is 2.31. The molecule has 2 aromatic rings. The average molecular weight is 334 g/mol. The zero-order chi connectivity index (χ0) is 17.7. The van der Waals surface area contributed by atoms with Gasteiger partial charge in [0.25, 0.3) is 0 Å². The van der Waals surface area contributed by atoms with E-state index in [1.807, 2.05) is 24.3 Å². The van der Waals surface area contributed by atoms with Crippen molar-refractivity contribution in [1.82, 2.24) is 4.90 Å². The molecule has 0 bridgehead atoms. The van der Waals surface area contributed by atoms with Gasteiger partial charge in [0, 0.05) is 6.54 Å². The van der Waals surface area contributed by atoms with E-state index < -0.39 is 29.3 Å². The zero-order valence-corrected chi connectivity index (χ0v) is 13.8. The number of carbonyl (C=O) groups is 1. The van der Waals surface area contributed by atoms with E-state index in [1.165, 1.54) is 6.07 Å². The van der Waals surface area contributed by atoms with Gasteiger partial charge in [-0.2, -0.15) is 0 Å². The summed E-state index contributed by atoms with van der Waals surface area (Å²) in [6, 6.07) is 10.4. The molecule has 2 aromatic carbocycles. The van der Waals surface area contributed by atoms with Gasteiger partial charge in [0.1, 0.15) is 23.1 Å². The van der Waals surface area contributed by atoms with Gasteiger partial charge in [-0.15, -0.1) is 0 Å². The van der Waals surface area contributed by atoms with Gasteiger partial charge < -0.3 is 10.1 Å². The van der Waals surface area contributed by atoms with Crippen LogP contribution in [-0.4, -0.2) is 31.0 Å². The van der Waals surface area contributed by atoms with Crippen molar-refractivity contribution in [3.8, 4) is 5.75 Å². The molecule has 24 heavy (non-hydrogen) atoms. The molecule has 0 saturated heterocycles. The van der Waals surface area contributed by atoms with Gasteiger partial charge in [-0.1, -0.05) is 18.2 Å². The van der Waals surface area contributed by atoms with Crippen molar-refractivity contribution >= 4 is 11.6 Å². The quantitative estimate of drug-likeness (QED) is 0.880. The summed E-state index contributed by atoms with van der Waals surface area (Å²) in [5.41, 5.74) is 0.540. The molecule has 0 aliphatic carbocycles. The number of halogens is 2. The molecular formula is C18H20F2N2O2. The number of carbonyl (C=O) groups excluding carboxylic acids is 1. The van der Waals surface area contributed by atoms with Crippen LogP contribution in [0.4, 0.5) is 14.5 Å². The van der Waals surface area contributed by atoms with Crippen molar-refractivity contribution in [3.63, 3.8) is 0 Å². The van der Waals surface area contributed by atoms with Gasteiger partial charge in [0.15, 0.2) is 0 Å². The Kier molecular flexibility index (Phi) is 5.87. The van der Waals surface area contributed by atoms with E-state index in [-0.39, 0.29) is 0 Å². The standard InChI is InChI=1S/C18H20F2N2O2/c1-12(18(23)21-17-15(19)8-5-9-16(17)20)22(2)11-13-6-4-7-14(10-13)24-3/h4-10,12H,11H2,1-3H3,(H,21,23)/t12-/m1/s1. The van der Waals surface area contributed by atoms with Crippen molar-refractivity contribution in [2.45, 2.75) is 19.5 Å². The number of nitrogens with zero attached hydrogens (tertiary/aromatic N) is 1. The maximum Gasteiger partial charge on any atom is 0.241 e. The maximum atomic E-state index is 13.6. The second-order valence-corrected chi connectivity index (χ2v) is 5.53. The first-order valence-corrected chi connectivity index (χ1v) is 7.50. The molecule has 0 aliphatic rings. The summed E-state index contributed by atoms with van der Waals surface area (Å²) in [6.07, 6.45) is 0. The molecule has 1 atom stereocenters. The smallest absolute Gasteiger partial charge is 0.241 e. The fourth-order valence-corrected chi connectivity index (χ4v) is 2.24. The molecule has 0 radical (unpaired) electrons. The van der Waals surface area contributed by atoms with Crippen LogP contribution < -0.4 is 10.1 Å². The number of benzene rings is 2. The monoisotopic (exact) mass is 334 g/mol. The number of likely N-dealkylation sites (N-methyl/N-ethyl adjacent to an activating group) is 1. The van der Waals surface area contributed by atoms with E-state index in [0.717, 1.165) is 23.4 Å². The van der Waals surface area contributed by atoms with Gasteiger partial charge in [0.05, 0.1) is 13.2 Å². The Labute approximate surface area is 140 Å². The number of hydrogen-bond acceptors (Lipinski definition) is 3. The highest BCUT2D eigenvalue weighted by molar-refractivity contribution is 5.94. The molecule has 0 heterocycles. The number of rotatable bonds is 6. The summed E-state index contributed by atoms with van der Waals surface area (Å²) >= 11 is 0. The molecule has 0 spiro atoms. The lowest BCUT2D eigenvalue weighted by Gasteiger charge is -2.24. The fraction of sp³-hybridized carbons (Fsp3) is 0.278. The molecule has 0 unspecified atom stereocenters. The SMILES string of the molecule is COc1cccc(CN(C)[C@H](C)C(=O)Nc2c(F)cccc2F)c1. The first-order chi connectivity index (χ1) is 11.4. The van der Waals surface area contributed by atoms with Gasteiger partial charge in [-0.3, -0.25) is 9.69 Å². The fourth-order valence-electron chi connectivity index (χ4n) is 2.24. The van der Waals surface area contributed by atoms with E-state index in [4.69, 9.17) is 4.74 Å². The molecule has 0 aromatic heterocycles. The lowest BCUT2D eigenvalue weighted by atomic mass is 10.1. The Morgan fingerprint density at radius 3 is 2.46 bits per heavy atom. The first kappa shape index (κ1) is 17.9. The van der Waals surface area contributed by atoms with Crippen LogP contribution in [0, 0.1) is 11.6 Å². The Bertz CT molecular complexity index is 702. The molecule has 0 aliphatic heterocycles. The molecule has 0 saturated carbocycles. The second kappa shape index (κ2) is 7.88. The van der Waals surface area contributed by atoms with E-state index in [2.05, 4.69) is 5.32 Å². The molecule has 0 fully saturated rings. The number of amides is 1. The minimum atomic E-state index is -0.800. The van der Waals surface area contributed by atoms with Crippen LogP contribution in [0.25, 0.3) is 0 Å². The average Bonchev–Trinajstić information content (AvgIpc) is 2.57. The van der Waals surface area contributed by atoms with Crippen LogP contribution in [0.3, 0.4) is 0 Å². The molecule has 6 heteroatoms. The highest BCUT2D eigenvalue weighted by atomic mass is 19.1. The predicted molar refractivity (Wildman–Crippen MR) is 88.9 cm³/mol. The molecule has 1 amide bonds. The first-order valence-electron chi connectivity index (χ1n) is 7.50. The van der Waals surface area contributed by atoms with Crippen molar-refractivity contribution in [2.75, 3.05) is 19.5 Å². The Balaban J connectivity index is 2.04. The van der Waals surface area contributed by atoms with Crippen LogP contribution in [0.1, 0.15) is 12.5 Å². The number of hydrogen-bond donors (Lipinski definition) is 1. The Morgan fingerprint density at radius 1 is 1.21 bits per heavy atom. The highest BCUT2D eigenvalue weighted by Crippen LogP contribution is 2.19. The lowest BCUT2D eigenvalue weighted by molar-refractivity contribution is -0.120. The third kappa shape index (κ3) is 4.29. The Morgan fingerprint density at radius 2 is 1.83 bits per heavy atom. The summed E-state index contributed by atoms with van der Waals surface area (Å²) in [7, 11) is 3.35. The van der Waals surface area contributed by atoms with Crippen LogP contribution in [0.2, 0.25) is 0 Å². The number of para-hydroxylation sites is 1. The van der Waals surface area contributed by atoms with Crippen LogP contribution >= 0.6 is 0 Å². The number of methoxy groups -OCH3 is 1. The molecule has 2 rings (SSSR count). The van der Waals surface area contributed by atoms with Gasteiger partial charge in [-0.05, 0) is 43.8 Å². The van der Waals surface area contributed by atoms with E-state index in [1.54, 1.807) is 26.0 Å². The molecule has 1 N–H and O–H groups in total. The van der Waals surface area contributed by atoms with Gasteiger partial charge >= 0.3 is 0 Å². The lowest BCUT2D eigenvalue weighted by Crippen LogP contribution is -2.39. The van der Waals surface area contributed by atoms with Crippen LogP contribution in [-0.2, 0) is 11.3 Å². The summed E-state index contributed by atoms with van der Waals surface area (Å²) < 4.78 is 32.4. The van der Waals surface area contributed by atoms with Crippen LogP contribution in [0.15, 0.2) is 42.5 Å². The normalized spacial score (nSPS) is 12.1. The van der Waals surface area contributed by atoms with Crippen LogP contribution in [0.5, 0.6) is 5.75 Å². The summed E-state index contributed by atoms with van der Waals surface area (Å²) in [4.78, 5) is 14.0. The highest BCUT2D eigenvalue weighted by Gasteiger charge is 2.21. The van der Waals surface area contributed by atoms with Crippen molar-refractivity contribution in [3.05, 3.63) is 59.7 Å². The summed E-state index contributed by atoms with van der Waals surface area (Å²) in [6.45, 7) is 2.17. The third-order valence-electron chi connectivity index (χ3n) is 3.82. The van der Waals surface area contributed by atoms with E-state index >= 15 is 0 Å². The molecule has 128 valence electrons. The van der Waals surface area contributed by atoms with Crippen molar-refractivity contribution in [2.24, 2.45) is 0 Å². The summed E-state index contributed by atoms with van der Waals surface area (Å²) in [5.74, 6) is -1.35. The van der Waals surface area contributed by atoms with Gasteiger partial charge in [0.2, 0.25) is 5.91 Å². The molecule has 4 nitrogen and oxygen atoms in total. The minimum absolute atomic E-state index is 0.427. The number of nitrogens with one attached hydrogen (secondary N) is 1. The van der Waals surface area contributed by atoms with Crippen molar-refractivity contribution < 1.29 is 18.3 Å². The third-order valence-corrected chi connectivity index (χ3v) is 3.82. The zero-order valence-electron chi connectivity index (χ0n) is 13.8. The minimum Gasteiger partial charge on any atom is -0.497 e. The second-order valence-electron chi connectivity index (χ2n) is 5.53. The number of ether oxygens (including phenoxy) is 1. The molecular weight excluding hydrogens is 314 g/mol. The van der Waals surface area contributed by atoms with E-state index in [9.17, 15) is 13.6 Å². The predicted octanol–water partition coefficient (Wildman–Crippen LogP) is 3.43. The maximum absolute atomic E-state index is 13.6. The number of anilines is 1. The van der Waals surface area contributed by atoms with Gasteiger partial charge in [-0.25, -0.2) is 8.78 Å². The van der Waals surface area contributed by atoms with Crippen molar-refractivity contribution in [1.29, 1.82) is 0 Å².